The summed E-state index contributed by atoms with van der Waals surface area (Å²) in [6.07, 6.45) is -0.582. The van der Waals surface area contributed by atoms with Crippen molar-refractivity contribution in [1.29, 1.82) is 0 Å². The number of carbonyl (C=O) groups excluding carboxylic acids is 1. The molecular formula is C14H22FN3O2. The lowest BCUT2D eigenvalue weighted by molar-refractivity contribution is 0.0636. The van der Waals surface area contributed by atoms with Crippen LogP contribution in [0.2, 0.25) is 0 Å². The van der Waals surface area contributed by atoms with Gasteiger partial charge in [-0.05, 0) is 45.9 Å². The lowest BCUT2D eigenvalue weighted by Crippen LogP contribution is -2.27. The number of nitrogens with two attached hydrogens (primary N) is 1. The normalized spacial score (nSPS) is 12.7. The summed E-state index contributed by atoms with van der Waals surface area (Å²) in [6.45, 7) is 7.53. The molecule has 0 saturated heterocycles. The molecule has 0 fully saturated rings. The molecule has 0 heterocycles. The van der Waals surface area contributed by atoms with E-state index in [-0.39, 0.29) is 11.7 Å². The summed E-state index contributed by atoms with van der Waals surface area (Å²) in [5.41, 5.74) is 5.64. The minimum atomic E-state index is -0.584. The van der Waals surface area contributed by atoms with Crippen LogP contribution in [0.1, 0.15) is 27.7 Å². The van der Waals surface area contributed by atoms with Crippen LogP contribution in [0.5, 0.6) is 0 Å². The summed E-state index contributed by atoms with van der Waals surface area (Å²) in [6, 6.07) is 4.18. The molecule has 0 aliphatic carbocycles. The number of hydrogen-bond donors (Lipinski definition) is 3. The zero-order valence-corrected chi connectivity index (χ0v) is 12.3. The van der Waals surface area contributed by atoms with Crippen molar-refractivity contribution in [3.63, 3.8) is 0 Å². The largest absolute Gasteiger partial charge is 0.444 e. The Labute approximate surface area is 118 Å². The third kappa shape index (κ3) is 5.44. The van der Waals surface area contributed by atoms with Crippen LogP contribution in [0.25, 0.3) is 0 Å². The number of rotatable bonds is 4. The van der Waals surface area contributed by atoms with Crippen LogP contribution >= 0.6 is 0 Å². The van der Waals surface area contributed by atoms with E-state index in [2.05, 4.69) is 10.6 Å². The topological polar surface area (TPSA) is 76.4 Å². The minimum Gasteiger partial charge on any atom is -0.444 e. The molecule has 20 heavy (non-hydrogen) atoms. The summed E-state index contributed by atoms with van der Waals surface area (Å²) in [7, 11) is 0. The highest BCUT2D eigenvalue weighted by atomic mass is 19.1. The van der Waals surface area contributed by atoms with Gasteiger partial charge in [0.2, 0.25) is 0 Å². The van der Waals surface area contributed by atoms with Crippen LogP contribution in [0.15, 0.2) is 18.2 Å². The van der Waals surface area contributed by atoms with E-state index < -0.39 is 17.5 Å². The molecule has 1 aromatic carbocycles. The smallest absolute Gasteiger partial charge is 0.412 e. The van der Waals surface area contributed by atoms with Crippen molar-refractivity contribution in [3.8, 4) is 0 Å². The van der Waals surface area contributed by atoms with Gasteiger partial charge in [0.1, 0.15) is 11.4 Å². The highest BCUT2D eigenvalue weighted by molar-refractivity contribution is 5.85. The minimum absolute atomic E-state index is 0.0683. The van der Waals surface area contributed by atoms with E-state index in [1.165, 1.54) is 18.2 Å². The first-order chi connectivity index (χ1) is 9.21. The first-order valence-corrected chi connectivity index (χ1v) is 6.47. The average molecular weight is 283 g/mol. The highest BCUT2D eigenvalue weighted by Crippen LogP contribution is 2.21. The number of hydrogen-bond acceptors (Lipinski definition) is 4. The molecule has 0 saturated carbocycles. The molecule has 0 bridgehead atoms. The average Bonchev–Trinajstić information content (AvgIpc) is 2.30. The number of nitrogens with one attached hydrogen (secondary N) is 2. The third-order valence-electron chi connectivity index (χ3n) is 2.37. The zero-order valence-electron chi connectivity index (χ0n) is 12.3. The Morgan fingerprint density at radius 3 is 2.65 bits per heavy atom. The molecule has 0 spiro atoms. The summed E-state index contributed by atoms with van der Waals surface area (Å²) in [5.74, 6) is -0.403. The van der Waals surface area contributed by atoms with Gasteiger partial charge in [-0.3, -0.25) is 5.32 Å². The highest BCUT2D eigenvalue weighted by Gasteiger charge is 2.16. The van der Waals surface area contributed by atoms with E-state index in [4.69, 9.17) is 10.5 Å². The second-order valence-electron chi connectivity index (χ2n) is 5.60. The SMILES string of the molecule is CC(CN)Nc1cc(NC(=O)OC(C)(C)C)ccc1F. The Hall–Kier alpha value is -1.82. The molecule has 1 rings (SSSR count). The van der Waals surface area contributed by atoms with Crippen LogP contribution in [-0.2, 0) is 4.74 Å². The number of amides is 1. The van der Waals surface area contributed by atoms with E-state index in [1.807, 2.05) is 6.92 Å². The third-order valence-corrected chi connectivity index (χ3v) is 2.37. The molecule has 5 nitrogen and oxygen atoms in total. The van der Waals surface area contributed by atoms with Gasteiger partial charge in [-0.2, -0.15) is 0 Å². The van der Waals surface area contributed by atoms with Gasteiger partial charge in [-0.25, -0.2) is 9.18 Å². The van der Waals surface area contributed by atoms with Gasteiger partial charge in [-0.15, -0.1) is 0 Å². The Morgan fingerprint density at radius 1 is 1.45 bits per heavy atom. The van der Waals surface area contributed by atoms with Crippen LogP contribution in [-0.4, -0.2) is 24.3 Å². The fourth-order valence-electron chi connectivity index (χ4n) is 1.46. The van der Waals surface area contributed by atoms with Gasteiger partial charge in [0, 0.05) is 18.3 Å². The molecule has 1 unspecified atom stereocenters. The molecule has 0 aliphatic heterocycles. The van der Waals surface area contributed by atoms with Crippen LogP contribution in [0.3, 0.4) is 0 Å². The summed E-state index contributed by atoms with van der Waals surface area (Å²) in [5, 5.41) is 5.49. The fourth-order valence-corrected chi connectivity index (χ4v) is 1.46. The predicted octanol–water partition coefficient (Wildman–Crippen LogP) is 2.93. The molecule has 6 heteroatoms. The predicted molar refractivity (Wildman–Crippen MR) is 78.4 cm³/mol. The Morgan fingerprint density at radius 2 is 2.10 bits per heavy atom. The monoisotopic (exact) mass is 283 g/mol. The summed E-state index contributed by atoms with van der Waals surface area (Å²) in [4.78, 5) is 11.6. The van der Waals surface area contributed by atoms with Crippen molar-refractivity contribution in [3.05, 3.63) is 24.0 Å². The molecule has 0 aliphatic rings. The van der Waals surface area contributed by atoms with Crippen molar-refractivity contribution in [2.24, 2.45) is 5.73 Å². The maximum absolute atomic E-state index is 13.6. The fraction of sp³-hybridized carbons (Fsp3) is 0.500. The molecule has 4 N–H and O–H groups in total. The Bertz CT molecular complexity index is 472. The van der Waals surface area contributed by atoms with E-state index in [0.29, 0.717) is 12.2 Å². The molecule has 0 radical (unpaired) electrons. The van der Waals surface area contributed by atoms with Gasteiger partial charge in [0.05, 0.1) is 5.69 Å². The molecular weight excluding hydrogens is 261 g/mol. The van der Waals surface area contributed by atoms with Crippen molar-refractivity contribution >= 4 is 17.5 Å². The standard InChI is InChI=1S/C14H22FN3O2/c1-9(8-16)17-12-7-10(5-6-11(12)15)18-13(19)20-14(2,3)4/h5-7,9,17H,8,16H2,1-4H3,(H,18,19). The number of carbonyl (C=O) groups is 1. The second kappa shape index (κ2) is 6.56. The Kier molecular flexibility index (Phi) is 5.33. The van der Waals surface area contributed by atoms with Gasteiger partial charge in [0.15, 0.2) is 0 Å². The molecule has 0 aromatic heterocycles. The lowest BCUT2D eigenvalue weighted by atomic mass is 10.2. The van der Waals surface area contributed by atoms with Crippen LogP contribution in [0, 0.1) is 5.82 Å². The lowest BCUT2D eigenvalue weighted by Gasteiger charge is -2.20. The number of ether oxygens (including phenoxy) is 1. The maximum Gasteiger partial charge on any atom is 0.412 e. The van der Waals surface area contributed by atoms with Crippen molar-refractivity contribution in [2.45, 2.75) is 39.3 Å². The Balaban J connectivity index is 2.77. The van der Waals surface area contributed by atoms with E-state index in [1.54, 1.807) is 20.8 Å². The number of anilines is 2. The van der Waals surface area contributed by atoms with Crippen molar-refractivity contribution in [2.75, 3.05) is 17.2 Å². The number of benzene rings is 1. The zero-order chi connectivity index (χ0) is 15.3. The number of halogens is 1. The van der Waals surface area contributed by atoms with Crippen LogP contribution < -0.4 is 16.4 Å². The van der Waals surface area contributed by atoms with Gasteiger partial charge < -0.3 is 15.8 Å². The second-order valence-corrected chi connectivity index (χ2v) is 5.60. The summed E-state index contributed by atoms with van der Waals surface area (Å²) >= 11 is 0. The van der Waals surface area contributed by atoms with Crippen molar-refractivity contribution in [1.82, 2.24) is 0 Å². The molecule has 1 amide bonds. The molecule has 112 valence electrons. The maximum atomic E-state index is 13.6. The quantitative estimate of drug-likeness (QED) is 0.794. The van der Waals surface area contributed by atoms with E-state index in [0.717, 1.165) is 0 Å². The van der Waals surface area contributed by atoms with E-state index in [9.17, 15) is 9.18 Å². The van der Waals surface area contributed by atoms with Crippen LogP contribution in [0.4, 0.5) is 20.6 Å². The molecule has 1 atom stereocenters. The molecule has 1 aromatic rings. The summed E-state index contributed by atoms with van der Waals surface area (Å²) < 4.78 is 18.8. The van der Waals surface area contributed by atoms with E-state index >= 15 is 0 Å². The van der Waals surface area contributed by atoms with Gasteiger partial charge in [-0.1, -0.05) is 0 Å². The first kappa shape index (κ1) is 16.2. The van der Waals surface area contributed by atoms with Gasteiger partial charge in [0.25, 0.3) is 0 Å². The van der Waals surface area contributed by atoms with Gasteiger partial charge >= 0.3 is 6.09 Å². The first-order valence-electron chi connectivity index (χ1n) is 6.47. The van der Waals surface area contributed by atoms with Crippen molar-refractivity contribution < 1.29 is 13.9 Å².